The number of nitrogens with two attached hydrogens (primary N) is 1. The van der Waals surface area contributed by atoms with Crippen LogP contribution in [0.5, 0.6) is 17.2 Å². The quantitative estimate of drug-likeness (QED) is 0.514. The third kappa shape index (κ3) is 2.91. The fraction of sp³-hybridized carbons (Fsp3) is 0.188. The van der Waals surface area contributed by atoms with Crippen LogP contribution in [0.4, 0.5) is 0 Å². The van der Waals surface area contributed by atoms with E-state index in [1.165, 1.54) is 20.3 Å². The summed E-state index contributed by atoms with van der Waals surface area (Å²) in [5, 5.41) is 14.1. The van der Waals surface area contributed by atoms with Crippen molar-refractivity contribution in [2.45, 2.75) is 6.92 Å². The first-order valence-electron chi connectivity index (χ1n) is 6.41. The van der Waals surface area contributed by atoms with E-state index in [0.717, 1.165) is 11.1 Å². The van der Waals surface area contributed by atoms with E-state index in [2.05, 4.69) is 5.10 Å². The molecule has 21 heavy (non-hydrogen) atoms. The zero-order valence-electron chi connectivity index (χ0n) is 12.3. The van der Waals surface area contributed by atoms with Crippen molar-refractivity contribution in [2.75, 3.05) is 14.2 Å². The molecule has 0 aliphatic heterocycles. The van der Waals surface area contributed by atoms with Crippen molar-refractivity contribution < 1.29 is 14.6 Å². The second kappa shape index (κ2) is 6.17. The molecule has 0 radical (unpaired) electrons. The monoisotopic (exact) mass is 286 g/mol. The molecule has 0 atom stereocenters. The lowest BCUT2D eigenvalue weighted by atomic mass is 9.99. The third-order valence-electron chi connectivity index (χ3n) is 3.20. The average Bonchev–Trinajstić information content (AvgIpc) is 2.50. The lowest BCUT2D eigenvalue weighted by Gasteiger charge is -2.14. The molecule has 2 aromatic carbocycles. The zero-order valence-corrected chi connectivity index (χ0v) is 12.3. The molecule has 3 N–H and O–H groups in total. The van der Waals surface area contributed by atoms with Crippen LogP contribution in [-0.4, -0.2) is 25.0 Å². The second-order valence-electron chi connectivity index (χ2n) is 4.57. The summed E-state index contributed by atoms with van der Waals surface area (Å²) in [5.74, 6) is 6.46. The van der Waals surface area contributed by atoms with E-state index in [0.29, 0.717) is 22.8 Å². The number of hydrazone groups is 1. The van der Waals surface area contributed by atoms with Crippen LogP contribution in [0.3, 0.4) is 0 Å². The first-order valence-corrected chi connectivity index (χ1v) is 6.41. The fourth-order valence-electron chi connectivity index (χ4n) is 2.09. The van der Waals surface area contributed by atoms with Crippen LogP contribution in [0.15, 0.2) is 41.5 Å². The van der Waals surface area contributed by atoms with E-state index >= 15 is 0 Å². The third-order valence-corrected chi connectivity index (χ3v) is 3.20. The molecule has 0 bridgehead atoms. The summed E-state index contributed by atoms with van der Waals surface area (Å²) in [6.45, 7) is 1.99. The maximum Gasteiger partial charge on any atom is 0.135 e. The first-order chi connectivity index (χ1) is 10.1. The summed E-state index contributed by atoms with van der Waals surface area (Å²) in [6, 6.07) is 10.9. The van der Waals surface area contributed by atoms with E-state index < -0.39 is 0 Å². The summed E-state index contributed by atoms with van der Waals surface area (Å²) in [6.07, 6.45) is 0. The van der Waals surface area contributed by atoms with E-state index in [9.17, 15) is 5.11 Å². The van der Waals surface area contributed by atoms with E-state index in [-0.39, 0.29) is 5.75 Å². The molecule has 0 saturated carbocycles. The van der Waals surface area contributed by atoms with Crippen LogP contribution in [0, 0.1) is 6.92 Å². The van der Waals surface area contributed by atoms with Crippen LogP contribution in [0.25, 0.3) is 0 Å². The Hall–Kier alpha value is -2.69. The van der Waals surface area contributed by atoms with Gasteiger partial charge in [0.05, 0.1) is 19.8 Å². The minimum absolute atomic E-state index is 0.00373. The van der Waals surface area contributed by atoms with Crippen LogP contribution in [0.2, 0.25) is 0 Å². The number of phenols is 1. The van der Waals surface area contributed by atoms with Crippen molar-refractivity contribution >= 4 is 5.71 Å². The van der Waals surface area contributed by atoms with Crippen molar-refractivity contribution in [3.8, 4) is 17.2 Å². The highest BCUT2D eigenvalue weighted by Gasteiger charge is 2.19. The number of aryl methyl sites for hydroxylation is 1. The predicted octanol–water partition coefficient (Wildman–Crippen LogP) is 2.43. The molecule has 0 amide bonds. The second-order valence-corrected chi connectivity index (χ2v) is 4.57. The van der Waals surface area contributed by atoms with Gasteiger partial charge in [-0.25, -0.2) is 0 Å². The fourth-order valence-corrected chi connectivity index (χ4v) is 2.09. The first kappa shape index (κ1) is 14.7. The highest BCUT2D eigenvalue weighted by Crippen LogP contribution is 2.35. The average molecular weight is 286 g/mol. The molecule has 0 aliphatic rings. The highest BCUT2D eigenvalue weighted by molar-refractivity contribution is 6.16. The number of nitrogens with zero attached hydrogens (tertiary/aromatic N) is 1. The van der Waals surface area contributed by atoms with Gasteiger partial charge in [0.15, 0.2) is 0 Å². The topological polar surface area (TPSA) is 77.1 Å². The highest BCUT2D eigenvalue weighted by atomic mass is 16.5. The minimum atomic E-state index is -0.00373. The summed E-state index contributed by atoms with van der Waals surface area (Å²) >= 11 is 0. The molecule has 0 saturated heterocycles. The molecule has 0 heterocycles. The van der Waals surface area contributed by atoms with Crippen LogP contribution in [-0.2, 0) is 0 Å². The Bertz CT molecular complexity index is 664. The SMILES string of the molecule is COc1cc(O)c(/C(=N\N)c2ccc(C)cc2)c(OC)c1. The van der Waals surface area contributed by atoms with Gasteiger partial charge in [0.2, 0.25) is 0 Å². The van der Waals surface area contributed by atoms with Crippen LogP contribution < -0.4 is 15.3 Å². The summed E-state index contributed by atoms with van der Waals surface area (Å²) < 4.78 is 10.4. The standard InChI is InChI=1S/C16H18N2O3/c1-10-4-6-11(7-5-10)16(18-17)15-13(19)8-12(20-2)9-14(15)21-3/h4-9,19H,17H2,1-3H3/b18-16-. The van der Waals surface area contributed by atoms with E-state index in [1.807, 2.05) is 31.2 Å². The Morgan fingerprint density at radius 2 is 1.76 bits per heavy atom. The van der Waals surface area contributed by atoms with Gasteiger partial charge >= 0.3 is 0 Å². The maximum atomic E-state index is 10.3. The number of rotatable bonds is 4. The molecule has 0 spiro atoms. The summed E-state index contributed by atoms with van der Waals surface area (Å²) in [7, 11) is 3.03. The Labute approximate surface area is 123 Å². The van der Waals surface area contributed by atoms with Crippen molar-refractivity contribution in [2.24, 2.45) is 10.9 Å². The van der Waals surface area contributed by atoms with Gasteiger partial charge in [-0.15, -0.1) is 0 Å². The Balaban J connectivity index is 2.60. The number of benzene rings is 2. The molecule has 110 valence electrons. The number of phenolic OH excluding ortho intramolecular Hbond substituents is 1. The van der Waals surface area contributed by atoms with Gasteiger partial charge < -0.3 is 20.4 Å². The van der Waals surface area contributed by atoms with E-state index in [1.54, 1.807) is 6.07 Å². The van der Waals surface area contributed by atoms with Crippen molar-refractivity contribution in [1.82, 2.24) is 0 Å². The number of hydrogen-bond donors (Lipinski definition) is 2. The molecular weight excluding hydrogens is 268 g/mol. The molecule has 5 heteroatoms. The lowest BCUT2D eigenvalue weighted by molar-refractivity contribution is 0.384. The minimum Gasteiger partial charge on any atom is -0.507 e. The lowest BCUT2D eigenvalue weighted by Crippen LogP contribution is -2.09. The maximum absolute atomic E-state index is 10.3. The van der Waals surface area contributed by atoms with Gasteiger partial charge in [-0.05, 0) is 6.92 Å². The molecule has 2 aromatic rings. The predicted molar refractivity (Wildman–Crippen MR) is 82.2 cm³/mol. The molecule has 5 nitrogen and oxygen atoms in total. The molecule has 2 rings (SSSR count). The molecule has 0 aliphatic carbocycles. The van der Waals surface area contributed by atoms with Gasteiger partial charge in [-0.3, -0.25) is 0 Å². The Morgan fingerprint density at radius 3 is 2.29 bits per heavy atom. The van der Waals surface area contributed by atoms with E-state index in [4.69, 9.17) is 15.3 Å². The molecule has 0 fully saturated rings. The van der Waals surface area contributed by atoms with Crippen LogP contribution >= 0.6 is 0 Å². The van der Waals surface area contributed by atoms with Gasteiger partial charge in [-0.2, -0.15) is 5.10 Å². The Morgan fingerprint density at radius 1 is 1.10 bits per heavy atom. The summed E-state index contributed by atoms with van der Waals surface area (Å²) in [5.41, 5.74) is 2.81. The number of hydrogen-bond acceptors (Lipinski definition) is 5. The molecule has 0 aromatic heterocycles. The van der Waals surface area contributed by atoms with Gasteiger partial charge in [-0.1, -0.05) is 29.8 Å². The van der Waals surface area contributed by atoms with Crippen molar-refractivity contribution in [3.63, 3.8) is 0 Å². The van der Waals surface area contributed by atoms with Crippen molar-refractivity contribution in [1.29, 1.82) is 0 Å². The number of methoxy groups -OCH3 is 2. The molecular formula is C16H18N2O3. The smallest absolute Gasteiger partial charge is 0.135 e. The number of ether oxygens (including phenoxy) is 2. The zero-order chi connectivity index (χ0) is 15.4. The summed E-state index contributed by atoms with van der Waals surface area (Å²) in [4.78, 5) is 0. The molecule has 0 unspecified atom stereocenters. The normalized spacial score (nSPS) is 11.3. The van der Waals surface area contributed by atoms with Crippen molar-refractivity contribution in [3.05, 3.63) is 53.1 Å². The largest absolute Gasteiger partial charge is 0.507 e. The Kier molecular flexibility index (Phi) is 4.33. The van der Waals surface area contributed by atoms with Gasteiger partial charge in [0, 0.05) is 17.7 Å². The van der Waals surface area contributed by atoms with Crippen LogP contribution in [0.1, 0.15) is 16.7 Å². The van der Waals surface area contributed by atoms with Gasteiger partial charge in [0.25, 0.3) is 0 Å². The number of aromatic hydroxyl groups is 1. The van der Waals surface area contributed by atoms with Gasteiger partial charge in [0.1, 0.15) is 23.0 Å².